The second kappa shape index (κ2) is 5.91. The largest absolute Gasteiger partial charge is 0.478 e. The van der Waals surface area contributed by atoms with Gasteiger partial charge in [0.15, 0.2) is 0 Å². The molecule has 0 aliphatic rings. The Kier molecular flexibility index (Phi) is 5.54. The zero-order valence-corrected chi connectivity index (χ0v) is 11.6. The number of carboxylic acids is 3. The third-order valence-corrected chi connectivity index (χ3v) is 1.73. The Bertz CT molecular complexity index is 453. The normalized spacial score (nSPS) is 9.00. The van der Waals surface area contributed by atoms with E-state index in [0.717, 1.165) is 18.2 Å². The van der Waals surface area contributed by atoms with Gasteiger partial charge in [-0.1, -0.05) is 0 Å². The maximum absolute atomic E-state index is 10.6. The summed E-state index contributed by atoms with van der Waals surface area (Å²) in [4.78, 5) is 31.8. The molecule has 0 saturated heterocycles. The predicted molar refractivity (Wildman–Crippen MR) is 47.3 cm³/mol. The monoisotopic (exact) mass is 351 g/mol. The summed E-state index contributed by atoms with van der Waals surface area (Å²) in [5.74, 6) is -4.20. The summed E-state index contributed by atoms with van der Waals surface area (Å²) < 4.78 is 0. The van der Waals surface area contributed by atoms with Crippen LogP contribution >= 0.6 is 0 Å². The number of rotatable bonds is 3. The van der Waals surface area contributed by atoms with Gasteiger partial charge in [-0.05, 0) is 18.2 Å². The molecule has 0 amide bonds. The molecule has 7 heteroatoms. The van der Waals surface area contributed by atoms with Crippen molar-refractivity contribution < 1.29 is 71.0 Å². The molecule has 0 heterocycles. The fourth-order valence-corrected chi connectivity index (χ4v) is 1.04. The first-order chi connectivity index (χ1) is 6.93. The van der Waals surface area contributed by atoms with Crippen molar-refractivity contribution in [2.45, 2.75) is 0 Å². The summed E-state index contributed by atoms with van der Waals surface area (Å²) in [5.41, 5.74) is -1.24. The Balaban J connectivity index is 0.00000225. The van der Waals surface area contributed by atoms with Crippen LogP contribution in [0.15, 0.2) is 18.2 Å². The van der Waals surface area contributed by atoms with E-state index >= 15 is 0 Å². The molecule has 1 aromatic carbocycles. The molecule has 1 radical (unpaired) electrons. The van der Waals surface area contributed by atoms with Crippen molar-refractivity contribution in [1.82, 2.24) is 0 Å². The summed E-state index contributed by atoms with van der Waals surface area (Å²) in [5, 5.41) is 25.9. The van der Waals surface area contributed by atoms with Crippen LogP contribution in [0.1, 0.15) is 31.1 Å². The predicted octanol–water partition coefficient (Wildman–Crippen LogP) is 0.781. The van der Waals surface area contributed by atoms with Gasteiger partial charge >= 0.3 is 17.9 Å². The van der Waals surface area contributed by atoms with Crippen LogP contribution in [0, 0.1) is 41.3 Å². The van der Waals surface area contributed by atoms with Crippen LogP contribution in [0.25, 0.3) is 0 Å². The van der Waals surface area contributed by atoms with Gasteiger partial charge in [0, 0.05) is 41.3 Å². The maximum Gasteiger partial charge on any atom is 0.336 e. The van der Waals surface area contributed by atoms with E-state index in [1.165, 1.54) is 0 Å². The first-order valence-corrected chi connectivity index (χ1v) is 3.77. The van der Waals surface area contributed by atoms with Crippen LogP contribution in [-0.2, 0) is 0 Å². The van der Waals surface area contributed by atoms with Crippen LogP contribution < -0.4 is 0 Å². The maximum atomic E-state index is 10.6. The van der Waals surface area contributed by atoms with Gasteiger partial charge in [-0.2, -0.15) is 0 Å². The van der Waals surface area contributed by atoms with Crippen molar-refractivity contribution >= 4 is 17.9 Å². The van der Waals surface area contributed by atoms with Crippen molar-refractivity contribution in [3.05, 3.63) is 34.9 Å². The van der Waals surface area contributed by atoms with Gasteiger partial charge in [0.2, 0.25) is 0 Å². The molecule has 0 aliphatic carbocycles. The molecule has 0 saturated carbocycles. The Labute approximate surface area is 123 Å². The Morgan fingerprint density at radius 2 is 1.31 bits per heavy atom. The van der Waals surface area contributed by atoms with Crippen LogP contribution in [0.2, 0.25) is 0 Å². The van der Waals surface area contributed by atoms with Crippen molar-refractivity contribution in [2.24, 2.45) is 0 Å². The third-order valence-electron chi connectivity index (χ3n) is 1.73. The molecule has 0 aromatic heterocycles. The van der Waals surface area contributed by atoms with E-state index in [0.29, 0.717) is 0 Å². The summed E-state index contributed by atoms with van der Waals surface area (Å²) in [6.45, 7) is 0. The number of carbonyl (C=O) groups is 3. The number of hydrogen-bond acceptors (Lipinski definition) is 3. The minimum atomic E-state index is -1.48. The number of hydrogen-bond donors (Lipinski definition) is 3. The molecule has 6 nitrogen and oxygen atoms in total. The van der Waals surface area contributed by atoms with Crippen LogP contribution in [0.4, 0.5) is 0 Å². The Morgan fingerprint density at radius 1 is 0.812 bits per heavy atom. The smallest absolute Gasteiger partial charge is 0.336 e. The van der Waals surface area contributed by atoms with Crippen molar-refractivity contribution in [2.75, 3.05) is 0 Å². The van der Waals surface area contributed by atoms with Crippen molar-refractivity contribution in [1.29, 1.82) is 0 Å². The molecule has 0 atom stereocenters. The van der Waals surface area contributed by atoms with E-state index in [-0.39, 0.29) is 46.9 Å². The molecule has 0 bridgehead atoms. The molecule has 1 rings (SSSR count). The van der Waals surface area contributed by atoms with Crippen molar-refractivity contribution in [3.63, 3.8) is 0 Å². The summed E-state index contributed by atoms with van der Waals surface area (Å²) in [7, 11) is 0. The van der Waals surface area contributed by atoms with Gasteiger partial charge in [-0.3, -0.25) is 0 Å². The molecule has 0 aliphatic heterocycles. The van der Waals surface area contributed by atoms with E-state index in [1.54, 1.807) is 0 Å². The fraction of sp³-hybridized carbons (Fsp3) is 0. The van der Waals surface area contributed by atoms with Crippen molar-refractivity contribution in [3.8, 4) is 0 Å². The van der Waals surface area contributed by atoms with E-state index in [9.17, 15) is 14.4 Å². The molecule has 3 N–H and O–H groups in total. The van der Waals surface area contributed by atoms with E-state index in [4.69, 9.17) is 15.3 Å². The third kappa shape index (κ3) is 3.25. The standard InChI is InChI=1S/C9H6O6.Pr/c10-7(11)4-1-2-5(8(12)13)6(3-4)9(14)15;/h1-3H,(H,10,11)(H,12,13)(H,14,15);. The van der Waals surface area contributed by atoms with Crippen LogP contribution in [-0.4, -0.2) is 33.2 Å². The zero-order valence-electron chi connectivity index (χ0n) is 7.88. The average molecular weight is 351 g/mol. The van der Waals surface area contributed by atoms with Crippen LogP contribution in [0.3, 0.4) is 0 Å². The first kappa shape index (κ1) is 15.0. The van der Waals surface area contributed by atoms with Gasteiger partial charge in [0.05, 0.1) is 16.7 Å². The van der Waals surface area contributed by atoms with E-state index in [2.05, 4.69) is 0 Å². The molecule has 0 unspecified atom stereocenters. The summed E-state index contributed by atoms with van der Waals surface area (Å²) >= 11 is 0. The first-order valence-electron chi connectivity index (χ1n) is 3.77. The van der Waals surface area contributed by atoms with E-state index < -0.39 is 29.0 Å². The minimum absolute atomic E-state index is 0. The molecule has 0 fully saturated rings. The van der Waals surface area contributed by atoms with E-state index in [1.807, 2.05) is 0 Å². The summed E-state index contributed by atoms with van der Waals surface area (Å²) in [6.07, 6.45) is 0. The number of benzene rings is 1. The molecule has 0 spiro atoms. The summed E-state index contributed by atoms with van der Waals surface area (Å²) in [6, 6.07) is 2.81. The topological polar surface area (TPSA) is 112 Å². The SMILES string of the molecule is O=C(O)c1ccc(C(=O)O)c(C(=O)O)c1.[Pr]. The molecule has 81 valence electrons. The van der Waals surface area contributed by atoms with Gasteiger partial charge < -0.3 is 15.3 Å². The molecule has 1 aromatic rings. The molecule has 16 heavy (non-hydrogen) atoms. The number of aromatic carboxylic acids is 3. The minimum Gasteiger partial charge on any atom is -0.478 e. The Morgan fingerprint density at radius 3 is 1.69 bits per heavy atom. The molecular weight excluding hydrogens is 345 g/mol. The van der Waals surface area contributed by atoms with Gasteiger partial charge in [-0.15, -0.1) is 0 Å². The fourth-order valence-electron chi connectivity index (χ4n) is 1.04. The number of carboxylic acid groups (broad SMARTS) is 3. The van der Waals surface area contributed by atoms with Gasteiger partial charge in [-0.25, -0.2) is 14.4 Å². The van der Waals surface area contributed by atoms with Gasteiger partial charge in [0.25, 0.3) is 0 Å². The zero-order chi connectivity index (χ0) is 11.6. The quantitative estimate of drug-likeness (QED) is 0.742. The Hall–Kier alpha value is -1.01. The molecular formula is C9H6O6Pr. The second-order valence-electron chi connectivity index (χ2n) is 2.68. The average Bonchev–Trinajstić information content (AvgIpc) is 2.16. The second-order valence-corrected chi connectivity index (χ2v) is 2.68. The van der Waals surface area contributed by atoms with Crippen LogP contribution in [0.5, 0.6) is 0 Å². The van der Waals surface area contributed by atoms with Gasteiger partial charge in [0.1, 0.15) is 0 Å².